The number of carbonyl (C=O) groups excluding carboxylic acids is 1. The maximum absolute atomic E-state index is 12.3. The van der Waals surface area contributed by atoms with Crippen LogP contribution in [0.4, 0.5) is 0 Å². The minimum Gasteiger partial charge on any atom is -0.496 e. The molecule has 2 rings (SSSR count). The van der Waals surface area contributed by atoms with Crippen molar-refractivity contribution in [1.82, 2.24) is 4.90 Å². The Balaban J connectivity index is 2.41. The third-order valence-electron chi connectivity index (χ3n) is 4.06. The lowest BCUT2D eigenvalue weighted by molar-refractivity contribution is -0.135. The third-order valence-corrected chi connectivity index (χ3v) is 4.06. The van der Waals surface area contributed by atoms with Gasteiger partial charge in [-0.15, -0.1) is 0 Å². The van der Waals surface area contributed by atoms with E-state index in [9.17, 15) is 4.79 Å². The number of hydrogen-bond acceptors (Lipinski definition) is 4. The second-order valence-electron chi connectivity index (χ2n) is 7.14. The molecule has 0 aliphatic rings. The Labute approximate surface area is 168 Å². The van der Waals surface area contributed by atoms with Crippen LogP contribution >= 0.6 is 0 Å². The van der Waals surface area contributed by atoms with E-state index in [2.05, 4.69) is 6.08 Å². The van der Waals surface area contributed by atoms with E-state index in [-0.39, 0.29) is 12.5 Å². The molecule has 0 fully saturated rings. The maximum Gasteiger partial charge on any atom is 0.325 e. The van der Waals surface area contributed by atoms with E-state index >= 15 is 0 Å². The highest BCUT2D eigenvalue weighted by Crippen LogP contribution is 2.33. The average molecular weight is 380 g/mol. The van der Waals surface area contributed by atoms with Crippen LogP contribution in [-0.2, 0) is 11.2 Å². The van der Waals surface area contributed by atoms with Gasteiger partial charge < -0.3 is 9.47 Å². The number of rotatable bonds is 8. The zero-order valence-electron chi connectivity index (χ0n) is 17.4. The van der Waals surface area contributed by atoms with E-state index in [0.29, 0.717) is 17.9 Å². The van der Waals surface area contributed by atoms with Gasteiger partial charge in [0, 0.05) is 5.56 Å². The van der Waals surface area contributed by atoms with Gasteiger partial charge in [0.2, 0.25) is 0 Å². The lowest BCUT2D eigenvalue weighted by Crippen LogP contribution is -2.25. The predicted octanol–water partition coefficient (Wildman–Crippen LogP) is 4.84. The van der Waals surface area contributed by atoms with Crippen LogP contribution in [0.5, 0.6) is 11.5 Å². The molecule has 0 spiro atoms. The van der Waals surface area contributed by atoms with Gasteiger partial charge in [0.1, 0.15) is 11.5 Å². The molecule has 0 aliphatic carbocycles. The van der Waals surface area contributed by atoms with Gasteiger partial charge in [-0.1, -0.05) is 54.1 Å². The SMILES string of the molecule is COc1cc(C=Cc2ccccc2)cc(OC(=O)CN(C)C)c1CC=C(C)C. The van der Waals surface area contributed by atoms with Gasteiger partial charge in [-0.05, 0) is 57.6 Å². The monoisotopic (exact) mass is 379 g/mol. The Morgan fingerprint density at radius 1 is 1.00 bits per heavy atom. The van der Waals surface area contributed by atoms with Crippen molar-refractivity contribution < 1.29 is 14.3 Å². The molecule has 0 saturated carbocycles. The number of benzene rings is 2. The summed E-state index contributed by atoms with van der Waals surface area (Å²) in [4.78, 5) is 14.1. The van der Waals surface area contributed by atoms with Gasteiger partial charge >= 0.3 is 5.97 Å². The van der Waals surface area contributed by atoms with Crippen LogP contribution in [0.1, 0.15) is 30.5 Å². The normalized spacial score (nSPS) is 10.9. The van der Waals surface area contributed by atoms with Gasteiger partial charge in [-0.3, -0.25) is 9.69 Å². The Kier molecular flexibility index (Phi) is 8.02. The zero-order chi connectivity index (χ0) is 20.5. The highest BCUT2D eigenvalue weighted by molar-refractivity contribution is 5.77. The first kappa shape index (κ1) is 21.5. The van der Waals surface area contributed by atoms with Crippen LogP contribution in [0.25, 0.3) is 12.2 Å². The van der Waals surface area contributed by atoms with Crippen molar-refractivity contribution >= 4 is 18.1 Å². The van der Waals surface area contributed by atoms with Gasteiger partial charge in [0.15, 0.2) is 0 Å². The van der Waals surface area contributed by atoms with Crippen LogP contribution in [0.3, 0.4) is 0 Å². The van der Waals surface area contributed by atoms with Crippen LogP contribution < -0.4 is 9.47 Å². The molecular weight excluding hydrogens is 350 g/mol. The second-order valence-corrected chi connectivity index (χ2v) is 7.14. The summed E-state index contributed by atoms with van der Waals surface area (Å²) >= 11 is 0. The van der Waals surface area contributed by atoms with Crippen LogP contribution in [0, 0.1) is 0 Å². The van der Waals surface area contributed by atoms with E-state index in [1.807, 2.05) is 82.6 Å². The van der Waals surface area contributed by atoms with E-state index in [1.54, 1.807) is 12.0 Å². The quantitative estimate of drug-likeness (QED) is 0.285. The molecule has 0 unspecified atom stereocenters. The van der Waals surface area contributed by atoms with Crippen molar-refractivity contribution in [1.29, 1.82) is 0 Å². The van der Waals surface area contributed by atoms with Crippen molar-refractivity contribution in [3.8, 4) is 11.5 Å². The van der Waals surface area contributed by atoms with Crippen molar-refractivity contribution in [2.24, 2.45) is 0 Å². The minimum absolute atomic E-state index is 0.217. The molecular formula is C24H29NO3. The van der Waals surface area contributed by atoms with Crippen LogP contribution in [-0.4, -0.2) is 38.6 Å². The number of ether oxygens (including phenoxy) is 2. The standard InChI is InChI=1S/C24H29NO3/c1-18(2)11-14-21-22(27-5)15-20(13-12-19-9-7-6-8-10-19)16-23(21)28-24(26)17-25(3)4/h6-13,15-16H,14,17H2,1-5H3. The van der Waals surface area contributed by atoms with Gasteiger partial charge in [-0.2, -0.15) is 0 Å². The molecule has 0 bridgehead atoms. The molecule has 0 atom stereocenters. The first-order chi connectivity index (χ1) is 13.4. The first-order valence-corrected chi connectivity index (χ1v) is 9.32. The molecule has 0 saturated heterocycles. The van der Waals surface area contributed by atoms with Gasteiger partial charge in [0.25, 0.3) is 0 Å². The molecule has 0 aromatic heterocycles. The van der Waals surface area contributed by atoms with E-state index in [0.717, 1.165) is 16.7 Å². The third kappa shape index (κ3) is 6.71. The summed E-state index contributed by atoms with van der Waals surface area (Å²) in [6.45, 7) is 4.30. The first-order valence-electron chi connectivity index (χ1n) is 9.32. The number of hydrogen-bond donors (Lipinski definition) is 0. The molecule has 0 heterocycles. The Morgan fingerprint density at radius 2 is 1.64 bits per heavy atom. The number of carbonyl (C=O) groups is 1. The number of likely N-dealkylation sites (N-methyl/N-ethyl adjacent to an activating group) is 1. The Hall–Kier alpha value is -2.85. The molecule has 2 aromatic rings. The summed E-state index contributed by atoms with van der Waals surface area (Å²) in [6, 6.07) is 13.9. The number of nitrogens with zero attached hydrogens (tertiary/aromatic N) is 1. The Morgan fingerprint density at radius 3 is 2.25 bits per heavy atom. The zero-order valence-corrected chi connectivity index (χ0v) is 17.4. The summed E-state index contributed by atoms with van der Waals surface area (Å²) in [7, 11) is 5.31. The molecule has 4 heteroatoms. The van der Waals surface area contributed by atoms with Crippen molar-refractivity contribution in [2.75, 3.05) is 27.7 Å². The predicted molar refractivity (Wildman–Crippen MR) is 116 cm³/mol. The summed E-state index contributed by atoms with van der Waals surface area (Å²) in [5.41, 5.74) is 4.07. The fourth-order valence-electron chi connectivity index (χ4n) is 2.69. The van der Waals surface area contributed by atoms with E-state index < -0.39 is 0 Å². The Bertz CT molecular complexity index is 848. The van der Waals surface area contributed by atoms with Crippen LogP contribution in [0.2, 0.25) is 0 Å². The molecule has 28 heavy (non-hydrogen) atoms. The van der Waals surface area contributed by atoms with Gasteiger partial charge in [0.05, 0.1) is 13.7 Å². The smallest absolute Gasteiger partial charge is 0.325 e. The molecule has 0 amide bonds. The average Bonchev–Trinajstić information content (AvgIpc) is 2.65. The fourth-order valence-corrected chi connectivity index (χ4v) is 2.69. The topological polar surface area (TPSA) is 38.8 Å². The largest absolute Gasteiger partial charge is 0.496 e. The molecule has 148 valence electrons. The lowest BCUT2D eigenvalue weighted by Gasteiger charge is -2.16. The lowest BCUT2D eigenvalue weighted by atomic mass is 10.0. The number of esters is 1. The fraction of sp³-hybridized carbons (Fsp3) is 0.292. The summed E-state index contributed by atoms with van der Waals surface area (Å²) in [5.74, 6) is 0.950. The maximum atomic E-state index is 12.3. The molecule has 0 aliphatic heterocycles. The van der Waals surface area contributed by atoms with E-state index in [1.165, 1.54) is 5.57 Å². The van der Waals surface area contributed by atoms with E-state index in [4.69, 9.17) is 9.47 Å². The molecule has 0 radical (unpaired) electrons. The highest BCUT2D eigenvalue weighted by atomic mass is 16.5. The van der Waals surface area contributed by atoms with Crippen molar-refractivity contribution in [2.45, 2.75) is 20.3 Å². The number of allylic oxidation sites excluding steroid dienone is 2. The van der Waals surface area contributed by atoms with Crippen molar-refractivity contribution in [3.63, 3.8) is 0 Å². The highest BCUT2D eigenvalue weighted by Gasteiger charge is 2.15. The van der Waals surface area contributed by atoms with Gasteiger partial charge in [-0.25, -0.2) is 0 Å². The summed E-state index contributed by atoms with van der Waals surface area (Å²) in [6.07, 6.45) is 6.75. The summed E-state index contributed by atoms with van der Waals surface area (Å²) < 4.78 is 11.3. The molecule has 4 nitrogen and oxygen atoms in total. The number of methoxy groups -OCH3 is 1. The summed E-state index contributed by atoms with van der Waals surface area (Å²) in [5, 5.41) is 0. The molecule has 2 aromatic carbocycles. The molecule has 0 N–H and O–H groups in total. The minimum atomic E-state index is -0.297. The van der Waals surface area contributed by atoms with Crippen LogP contribution in [0.15, 0.2) is 54.1 Å². The van der Waals surface area contributed by atoms with Crippen molar-refractivity contribution in [3.05, 3.63) is 70.8 Å². The second kappa shape index (κ2) is 10.5.